The largest absolute Gasteiger partial charge is 0.384 e. The minimum absolute atomic E-state index is 0.473. The van der Waals surface area contributed by atoms with E-state index < -0.39 is 0 Å². The third-order valence-electron chi connectivity index (χ3n) is 3.55. The number of benzene rings is 1. The number of rotatable bonds is 3. The Morgan fingerprint density at radius 2 is 1.76 bits per heavy atom. The molecule has 1 aliphatic rings. The molecule has 1 fully saturated rings. The van der Waals surface area contributed by atoms with Gasteiger partial charge < -0.3 is 16.1 Å². The molecule has 1 aliphatic heterocycles. The fourth-order valence-corrected chi connectivity index (χ4v) is 2.32. The lowest BCUT2D eigenvalue weighted by Gasteiger charge is -2.32. The maximum Gasteiger partial charge on any atom is 0.163 e. The molecule has 0 radical (unpaired) electrons. The standard InChI is InChI=1S/C15H20N6/c1-20-7-9-21(10-8-20)19-14-11-13(16)17-15(18-14)12-5-3-2-4-6-12/h2-6,11H,7-10H2,1H3,(H3,16,17,18,19). The quantitative estimate of drug-likeness (QED) is 0.885. The topological polar surface area (TPSA) is 70.3 Å². The predicted octanol–water partition coefficient (Wildman–Crippen LogP) is 1.30. The van der Waals surface area contributed by atoms with E-state index in [-0.39, 0.29) is 0 Å². The van der Waals surface area contributed by atoms with Crippen LogP contribution < -0.4 is 11.2 Å². The van der Waals surface area contributed by atoms with Crippen LogP contribution in [-0.4, -0.2) is 53.1 Å². The van der Waals surface area contributed by atoms with E-state index >= 15 is 0 Å². The lowest BCUT2D eigenvalue weighted by atomic mass is 10.2. The number of hydrogen-bond donors (Lipinski definition) is 2. The van der Waals surface area contributed by atoms with Gasteiger partial charge in [-0.25, -0.2) is 15.0 Å². The molecule has 1 aromatic heterocycles. The molecule has 110 valence electrons. The predicted molar refractivity (Wildman–Crippen MR) is 84.6 cm³/mol. The Balaban J connectivity index is 1.78. The van der Waals surface area contributed by atoms with Gasteiger partial charge in [-0.1, -0.05) is 30.3 Å². The molecular formula is C15H20N6. The minimum atomic E-state index is 0.473. The van der Waals surface area contributed by atoms with Gasteiger partial charge in [0.1, 0.15) is 11.6 Å². The van der Waals surface area contributed by atoms with Crippen LogP contribution in [0.1, 0.15) is 0 Å². The van der Waals surface area contributed by atoms with Crippen molar-refractivity contribution < 1.29 is 0 Å². The van der Waals surface area contributed by atoms with Gasteiger partial charge in [0.15, 0.2) is 5.82 Å². The van der Waals surface area contributed by atoms with Crippen molar-refractivity contribution in [2.45, 2.75) is 0 Å². The van der Waals surface area contributed by atoms with Crippen molar-refractivity contribution in [2.24, 2.45) is 0 Å². The molecule has 1 aromatic carbocycles. The Morgan fingerprint density at radius 3 is 2.48 bits per heavy atom. The molecule has 0 amide bonds. The van der Waals surface area contributed by atoms with Crippen molar-refractivity contribution in [2.75, 3.05) is 44.4 Å². The van der Waals surface area contributed by atoms with E-state index in [0.29, 0.717) is 11.6 Å². The first-order chi connectivity index (χ1) is 10.2. The van der Waals surface area contributed by atoms with E-state index in [2.05, 4.69) is 32.4 Å². The zero-order valence-electron chi connectivity index (χ0n) is 12.2. The van der Waals surface area contributed by atoms with Crippen LogP contribution in [-0.2, 0) is 0 Å². The van der Waals surface area contributed by atoms with Crippen molar-refractivity contribution in [3.8, 4) is 11.4 Å². The van der Waals surface area contributed by atoms with Gasteiger partial charge in [-0.15, -0.1) is 0 Å². The molecule has 6 heteroatoms. The SMILES string of the molecule is CN1CCN(Nc2cc(N)nc(-c3ccccc3)n2)CC1. The summed E-state index contributed by atoms with van der Waals surface area (Å²) in [5, 5.41) is 2.16. The third-order valence-corrected chi connectivity index (χ3v) is 3.55. The Hall–Kier alpha value is -2.18. The molecule has 0 atom stereocenters. The second kappa shape index (κ2) is 6.07. The molecule has 0 spiro atoms. The fraction of sp³-hybridized carbons (Fsp3) is 0.333. The second-order valence-corrected chi connectivity index (χ2v) is 5.27. The number of piperazine rings is 1. The van der Waals surface area contributed by atoms with Gasteiger partial charge in [0.05, 0.1) is 0 Å². The normalized spacial score (nSPS) is 16.8. The molecular weight excluding hydrogens is 264 g/mol. The lowest BCUT2D eigenvalue weighted by Crippen LogP contribution is -2.47. The van der Waals surface area contributed by atoms with Crippen LogP contribution in [0.5, 0.6) is 0 Å². The first kappa shape index (κ1) is 13.8. The van der Waals surface area contributed by atoms with E-state index in [1.807, 2.05) is 30.3 Å². The second-order valence-electron chi connectivity index (χ2n) is 5.27. The highest BCUT2D eigenvalue weighted by molar-refractivity contribution is 5.60. The Labute approximate surface area is 124 Å². The maximum atomic E-state index is 5.91. The zero-order valence-corrected chi connectivity index (χ0v) is 12.2. The summed E-state index contributed by atoms with van der Waals surface area (Å²) < 4.78 is 0. The van der Waals surface area contributed by atoms with Gasteiger partial charge in [0.2, 0.25) is 0 Å². The summed E-state index contributed by atoms with van der Waals surface area (Å²) in [6.07, 6.45) is 0. The van der Waals surface area contributed by atoms with E-state index in [9.17, 15) is 0 Å². The number of nitrogen functional groups attached to an aromatic ring is 1. The third kappa shape index (κ3) is 3.48. The number of likely N-dealkylation sites (N-methyl/N-ethyl adjacent to an activating group) is 1. The van der Waals surface area contributed by atoms with Gasteiger partial charge in [-0.3, -0.25) is 0 Å². The van der Waals surface area contributed by atoms with Crippen molar-refractivity contribution >= 4 is 11.6 Å². The van der Waals surface area contributed by atoms with Gasteiger partial charge in [0.25, 0.3) is 0 Å². The molecule has 6 nitrogen and oxygen atoms in total. The number of nitrogens with two attached hydrogens (primary N) is 1. The van der Waals surface area contributed by atoms with Crippen molar-refractivity contribution in [3.63, 3.8) is 0 Å². The monoisotopic (exact) mass is 284 g/mol. The molecule has 1 saturated heterocycles. The summed E-state index contributed by atoms with van der Waals surface area (Å²) in [7, 11) is 2.13. The van der Waals surface area contributed by atoms with Crippen molar-refractivity contribution in [3.05, 3.63) is 36.4 Å². The van der Waals surface area contributed by atoms with Gasteiger partial charge in [-0.2, -0.15) is 0 Å². The van der Waals surface area contributed by atoms with E-state index in [1.165, 1.54) is 0 Å². The zero-order chi connectivity index (χ0) is 14.7. The van der Waals surface area contributed by atoms with E-state index in [1.54, 1.807) is 6.07 Å². The highest BCUT2D eigenvalue weighted by Gasteiger charge is 2.14. The van der Waals surface area contributed by atoms with Crippen LogP contribution in [0.2, 0.25) is 0 Å². The fourth-order valence-electron chi connectivity index (χ4n) is 2.32. The van der Waals surface area contributed by atoms with Crippen LogP contribution in [0.15, 0.2) is 36.4 Å². The Kier molecular flexibility index (Phi) is 3.98. The van der Waals surface area contributed by atoms with E-state index in [0.717, 1.165) is 37.6 Å². The van der Waals surface area contributed by atoms with Gasteiger partial charge in [-0.05, 0) is 7.05 Å². The van der Waals surface area contributed by atoms with Gasteiger partial charge in [0, 0.05) is 37.8 Å². The van der Waals surface area contributed by atoms with Crippen LogP contribution in [0, 0.1) is 0 Å². The minimum Gasteiger partial charge on any atom is -0.384 e. The smallest absolute Gasteiger partial charge is 0.163 e. The molecule has 0 bridgehead atoms. The Morgan fingerprint density at radius 1 is 1.05 bits per heavy atom. The summed E-state index contributed by atoms with van der Waals surface area (Å²) in [4.78, 5) is 11.2. The van der Waals surface area contributed by atoms with Crippen LogP contribution >= 0.6 is 0 Å². The summed E-state index contributed by atoms with van der Waals surface area (Å²) >= 11 is 0. The van der Waals surface area contributed by atoms with Crippen LogP contribution in [0.3, 0.4) is 0 Å². The maximum absolute atomic E-state index is 5.91. The molecule has 3 rings (SSSR count). The average molecular weight is 284 g/mol. The summed E-state index contributed by atoms with van der Waals surface area (Å²) in [5.41, 5.74) is 10.2. The molecule has 0 saturated carbocycles. The number of aromatic nitrogens is 2. The lowest BCUT2D eigenvalue weighted by molar-refractivity contribution is 0.178. The summed E-state index contributed by atoms with van der Waals surface area (Å²) in [5.74, 6) is 1.86. The molecule has 2 aromatic rings. The first-order valence-corrected chi connectivity index (χ1v) is 7.11. The number of hydrogen-bond acceptors (Lipinski definition) is 6. The number of nitrogens with zero attached hydrogens (tertiary/aromatic N) is 4. The molecule has 2 heterocycles. The Bertz CT molecular complexity index is 592. The van der Waals surface area contributed by atoms with Gasteiger partial charge >= 0.3 is 0 Å². The first-order valence-electron chi connectivity index (χ1n) is 7.11. The molecule has 21 heavy (non-hydrogen) atoms. The molecule has 3 N–H and O–H groups in total. The highest BCUT2D eigenvalue weighted by Crippen LogP contribution is 2.19. The van der Waals surface area contributed by atoms with Crippen LogP contribution in [0.4, 0.5) is 11.6 Å². The number of hydrazine groups is 1. The highest BCUT2D eigenvalue weighted by atomic mass is 15.5. The average Bonchev–Trinajstić information content (AvgIpc) is 2.50. The van der Waals surface area contributed by atoms with Crippen molar-refractivity contribution in [1.82, 2.24) is 19.9 Å². The van der Waals surface area contributed by atoms with E-state index in [4.69, 9.17) is 5.73 Å². The summed E-state index contributed by atoms with van der Waals surface area (Å²) in [6.45, 7) is 4.00. The number of nitrogens with one attached hydrogen (secondary N) is 1. The summed E-state index contributed by atoms with van der Waals surface area (Å²) in [6, 6.07) is 11.6. The molecule has 0 unspecified atom stereocenters. The number of anilines is 2. The molecule has 0 aliphatic carbocycles. The van der Waals surface area contributed by atoms with Crippen LogP contribution in [0.25, 0.3) is 11.4 Å². The van der Waals surface area contributed by atoms with Crippen molar-refractivity contribution in [1.29, 1.82) is 0 Å².